The van der Waals surface area contributed by atoms with Crippen molar-refractivity contribution in [1.29, 1.82) is 0 Å². The molecule has 1 nitrogen and oxygen atoms in total. The fraction of sp³-hybridized carbons (Fsp3) is 0.0769. The maximum absolute atomic E-state index is 2.62. The van der Waals surface area contributed by atoms with Crippen molar-refractivity contribution >= 4 is 51.9 Å². The molecule has 0 spiro atoms. The summed E-state index contributed by atoms with van der Waals surface area (Å²) in [6.45, 7) is 7.07. The third-order valence-corrected chi connectivity index (χ3v) is 12.4. The Morgan fingerprint density at radius 3 is 1.47 bits per heavy atom. The molecular weight excluding hydrogens is 681 g/mol. The highest BCUT2D eigenvalue weighted by Gasteiger charge is 2.43. The van der Waals surface area contributed by atoms with Crippen molar-refractivity contribution in [3.8, 4) is 44.5 Å². The van der Waals surface area contributed by atoms with Crippen LogP contribution in [0, 0.1) is 0 Å². The molecule has 0 atom stereocenters. The summed E-state index contributed by atoms with van der Waals surface area (Å²) < 4.78 is 0. The second kappa shape index (κ2) is 13.4. The molecule has 8 aromatic carbocycles. The van der Waals surface area contributed by atoms with Crippen LogP contribution in [0.4, 0.5) is 17.1 Å². The molecule has 2 heterocycles. The first-order valence-corrected chi connectivity index (χ1v) is 20.0. The maximum Gasteiger partial charge on any atom is 0.249 e. The molecule has 2 aliphatic heterocycles. The van der Waals surface area contributed by atoms with E-state index in [0.29, 0.717) is 0 Å². The first-order chi connectivity index (χ1) is 26.9. The average Bonchev–Trinajstić information content (AvgIpc) is 3.24. The predicted octanol–water partition coefficient (Wildman–Crippen LogP) is 12.4. The molecule has 10 rings (SSSR count). The van der Waals surface area contributed by atoms with E-state index < -0.39 is 0 Å². The molecule has 0 unspecified atom stereocenters. The van der Waals surface area contributed by atoms with E-state index in [9.17, 15) is 0 Å². The van der Waals surface area contributed by atoms with E-state index in [1.807, 2.05) is 11.8 Å². The van der Waals surface area contributed by atoms with Crippen molar-refractivity contribution in [2.24, 2.45) is 0 Å². The van der Waals surface area contributed by atoms with Crippen molar-refractivity contribution in [2.45, 2.75) is 36.0 Å². The summed E-state index contributed by atoms with van der Waals surface area (Å²) >= 11 is 1.93. The SMILES string of the molecule is CC(C)(C)c1cc2c3c(c1)N(c1c(-c4ccccc4)cccc1-c1ccccc1)c1ccc(-c4ccccc4)cc1B3c1cc(-c3ccccc3)ccc1S2. The van der Waals surface area contributed by atoms with E-state index in [0.717, 1.165) is 0 Å². The summed E-state index contributed by atoms with van der Waals surface area (Å²) in [5.74, 6) is 0. The number of benzene rings is 8. The van der Waals surface area contributed by atoms with Crippen molar-refractivity contribution in [3.05, 3.63) is 194 Å². The summed E-state index contributed by atoms with van der Waals surface area (Å²) in [5, 5.41) is 0. The van der Waals surface area contributed by atoms with E-state index in [4.69, 9.17) is 0 Å². The number of anilines is 3. The molecule has 8 aromatic rings. The molecule has 0 saturated carbocycles. The zero-order chi connectivity index (χ0) is 37.1. The van der Waals surface area contributed by atoms with Crippen LogP contribution in [0.25, 0.3) is 44.5 Å². The van der Waals surface area contributed by atoms with Gasteiger partial charge < -0.3 is 4.90 Å². The second-order valence-electron chi connectivity index (χ2n) is 15.7. The van der Waals surface area contributed by atoms with Crippen molar-refractivity contribution in [3.63, 3.8) is 0 Å². The molecule has 0 aromatic heterocycles. The molecule has 0 N–H and O–H groups in total. The van der Waals surface area contributed by atoms with Gasteiger partial charge in [-0.2, -0.15) is 0 Å². The maximum atomic E-state index is 2.62. The van der Waals surface area contributed by atoms with E-state index in [1.165, 1.54) is 93.3 Å². The molecule has 0 radical (unpaired) electrons. The summed E-state index contributed by atoms with van der Waals surface area (Å²) in [5.41, 5.74) is 18.8. The van der Waals surface area contributed by atoms with Crippen LogP contribution in [0.15, 0.2) is 198 Å². The van der Waals surface area contributed by atoms with E-state index >= 15 is 0 Å². The van der Waals surface area contributed by atoms with Gasteiger partial charge in [0.1, 0.15) is 0 Å². The van der Waals surface area contributed by atoms with Gasteiger partial charge in [0.25, 0.3) is 0 Å². The smallest absolute Gasteiger partial charge is 0.249 e. The van der Waals surface area contributed by atoms with Gasteiger partial charge in [0, 0.05) is 32.3 Å². The number of hydrogen-bond acceptors (Lipinski definition) is 2. The highest BCUT2D eigenvalue weighted by molar-refractivity contribution is 8.00. The summed E-state index contributed by atoms with van der Waals surface area (Å²) in [7, 11) is 0. The van der Waals surface area contributed by atoms with Gasteiger partial charge in [0.2, 0.25) is 6.71 Å². The average molecular weight is 722 g/mol. The first kappa shape index (κ1) is 33.5. The van der Waals surface area contributed by atoms with Gasteiger partial charge in [-0.1, -0.05) is 202 Å². The Kier molecular flexibility index (Phi) is 8.15. The fourth-order valence-corrected chi connectivity index (χ4v) is 9.72. The molecule has 0 fully saturated rings. The third-order valence-electron chi connectivity index (χ3n) is 11.3. The van der Waals surface area contributed by atoms with Gasteiger partial charge >= 0.3 is 0 Å². The van der Waals surface area contributed by atoms with Gasteiger partial charge in [-0.05, 0) is 79.6 Å². The van der Waals surface area contributed by atoms with Gasteiger partial charge in [-0.25, -0.2) is 0 Å². The lowest BCUT2D eigenvalue weighted by Gasteiger charge is -2.42. The van der Waals surface area contributed by atoms with Crippen LogP contribution in [0.5, 0.6) is 0 Å². The Bertz CT molecular complexity index is 2640. The molecule has 0 amide bonds. The fourth-order valence-electron chi connectivity index (χ4n) is 8.53. The minimum atomic E-state index is -0.0522. The molecule has 0 saturated heterocycles. The Morgan fingerprint density at radius 1 is 0.418 bits per heavy atom. The zero-order valence-electron chi connectivity index (χ0n) is 31.3. The molecule has 55 heavy (non-hydrogen) atoms. The number of nitrogens with zero attached hydrogens (tertiary/aromatic N) is 1. The van der Waals surface area contributed by atoms with E-state index in [-0.39, 0.29) is 12.1 Å². The van der Waals surface area contributed by atoms with Gasteiger partial charge in [0.05, 0.1) is 5.69 Å². The third kappa shape index (κ3) is 5.82. The lowest BCUT2D eigenvalue weighted by atomic mass is 9.34. The van der Waals surface area contributed by atoms with Crippen LogP contribution < -0.4 is 21.3 Å². The molecule has 2 aliphatic rings. The van der Waals surface area contributed by atoms with Crippen LogP contribution in [0.3, 0.4) is 0 Å². The molecule has 3 heteroatoms. The van der Waals surface area contributed by atoms with E-state index in [2.05, 4.69) is 214 Å². The van der Waals surface area contributed by atoms with E-state index in [1.54, 1.807) is 0 Å². The lowest BCUT2D eigenvalue weighted by Crippen LogP contribution is -2.60. The zero-order valence-corrected chi connectivity index (χ0v) is 32.1. The minimum absolute atomic E-state index is 0.0522. The van der Waals surface area contributed by atoms with Crippen LogP contribution in [-0.2, 0) is 5.41 Å². The van der Waals surface area contributed by atoms with Gasteiger partial charge in [-0.15, -0.1) is 0 Å². The standard InChI is InChI=1S/C52H40BNS/c1-52(2,3)41-33-47-50-49(34-41)55-48-30-28-40(36-19-10-5-11-20-36)32-45(48)53(50)44-31-39(35-17-8-4-9-18-35)27-29-46(44)54(47)51-42(37-21-12-6-13-22-37)25-16-26-43(51)38-23-14-7-15-24-38/h4-34H,1-3H3. The quantitative estimate of drug-likeness (QED) is 0.163. The van der Waals surface area contributed by atoms with Gasteiger partial charge in [-0.3, -0.25) is 0 Å². The lowest BCUT2D eigenvalue weighted by molar-refractivity contribution is 0.589. The van der Waals surface area contributed by atoms with Crippen molar-refractivity contribution in [1.82, 2.24) is 0 Å². The van der Waals surface area contributed by atoms with Crippen molar-refractivity contribution < 1.29 is 0 Å². The van der Waals surface area contributed by atoms with Crippen LogP contribution in [0.2, 0.25) is 0 Å². The Balaban J connectivity index is 1.32. The normalized spacial score (nSPS) is 12.9. The molecule has 262 valence electrons. The van der Waals surface area contributed by atoms with Crippen LogP contribution in [0.1, 0.15) is 26.3 Å². The largest absolute Gasteiger partial charge is 0.310 e. The number of hydrogen-bond donors (Lipinski definition) is 0. The minimum Gasteiger partial charge on any atom is -0.310 e. The number of para-hydroxylation sites is 1. The van der Waals surface area contributed by atoms with Gasteiger partial charge in [0.15, 0.2) is 0 Å². The molecular formula is C52H40BNS. The second-order valence-corrected chi connectivity index (χ2v) is 16.8. The summed E-state index contributed by atoms with van der Waals surface area (Å²) in [6, 6.07) is 69.6. The summed E-state index contributed by atoms with van der Waals surface area (Å²) in [6.07, 6.45) is 0. The first-order valence-electron chi connectivity index (χ1n) is 19.2. The number of fused-ring (bicyclic) bond motifs is 4. The summed E-state index contributed by atoms with van der Waals surface area (Å²) in [4.78, 5) is 5.28. The molecule has 0 aliphatic carbocycles. The van der Waals surface area contributed by atoms with Crippen LogP contribution in [-0.4, -0.2) is 6.71 Å². The van der Waals surface area contributed by atoms with Crippen LogP contribution >= 0.6 is 11.8 Å². The predicted molar refractivity (Wildman–Crippen MR) is 237 cm³/mol. The number of rotatable bonds is 5. The topological polar surface area (TPSA) is 3.24 Å². The highest BCUT2D eigenvalue weighted by Crippen LogP contribution is 2.50. The molecule has 0 bridgehead atoms. The Morgan fingerprint density at radius 2 is 0.927 bits per heavy atom. The Labute approximate surface area is 329 Å². The highest BCUT2D eigenvalue weighted by atomic mass is 32.2. The monoisotopic (exact) mass is 721 g/mol. The Hall–Kier alpha value is -6.03. The van der Waals surface area contributed by atoms with Crippen molar-refractivity contribution in [2.75, 3.05) is 4.90 Å².